The topological polar surface area (TPSA) is 85.5 Å². The first-order valence-corrected chi connectivity index (χ1v) is 11.3. The third-order valence-corrected chi connectivity index (χ3v) is 5.65. The van der Waals surface area contributed by atoms with Gasteiger partial charge in [0.05, 0.1) is 11.4 Å². The Morgan fingerprint density at radius 1 is 1.00 bits per heavy atom. The van der Waals surface area contributed by atoms with Gasteiger partial charge < -0.3 is 9.26 Å². The van der Waals surface area contributed by atoms with Gasteiger partial charge in [0.1, 0.15) is 0 Å². The molecular formula is C26H29N3O4. The molecule has 0 bridgehead atoms. The third-order valence-electron chi connectivity index (χ3n) is 5.65. The van der Waals surface area contributed by atoms with Crippen LogP contribution < -0.4 is 4.90 Å². The number of anilines is 2. The Bertz CT molecular complexity index is 1100. The first-order valence-electron chi connectivity index (χ1n) is 11.3. The van der Waals surface area contributed by atoms with Crippen LogP contribution in [0.1, 0.15) is 56.5 Å². The molecule has 1 amide bonds. The third kappa shape index (κ3) is 5.30. The maximum Gasteiger partial charge on any atom is 0.306 e. The molecule has 7 heteroatoms. The molecule has 3 aromatic rings. The molecule has 2 aromatic carbocycles. The van der Waals surface area contributed by atoms with Crippen LogP contribution >= 0.6 is 0 Å². The number of carbonyl (C=O) groups is 2. The van der Waals surface area contributed by atoms with E-state index in [1.165, 1.54) is 0 Å². The number of aryl methyl sites for hydroxylation is 3. The Balaban J connectivity index is 1.36. The number of carbonyl (C=O) groups excluding carboxylic acids is 2. The number of esters is 1. The van der Waals surface area contributed by atoms with E-state index in [0.29, 0.717) is 24.6 Å². The van der Waals surface area contributed by atoms with Crippen molar-refractivity contribution in [2.75, 3.05) is 11.5 Å². The molecule has 0 saturated heterocycles. The van der Waals surface area contributed by atoms with Crippen molar-refractivity contribution in [3.8, 4) is 0 Å². The van der Waals surface area contributed by atoms with E-state index >= 15 is 0 Å². The fourth-order valence-electron chi connectivity index (χ4n) is 3.87. The Labute approximate surface area is 193 Å². The lowest BCUT2D eigenvalue weighted by Gasteiger charge is -2.24. The number of aromatic nitrogens is 2. The van der Waals surface area contributed by atoms with Crippen LogP contribution in [0.15, 0.2) is 53.1 Å². The molecule has 0 aliphatic carbocycles. The lowest BCUT2D eigenvalue weighted by molar-refractivity contribution is -0.147. The largest absolute Gasteiger partial charge is 0.456 e. The van der Waals surface area contributed by atoms with Gasteiger partial charge in [0.2, 0.25) is 5.89 Å². The fraction of sp³-hybridized carbons (Fsp3) is 0.385. The van der Waals surface area contributed by atoms with Crippen LogP contribution in [0.25, 0.3) is 0 Å². The van der Waals surface area contributed by atoms with Gasteiger partial charge in [-0.25, -0.2) is 0 Å². The Morgan fingerprint density at radius 2 is 1.61 bits per heavy atom. The van der Waals surface area contributed by atoms with Crippen LogP contribution in [-0.4, -0.2) is 28.6 Å². The molecule has 0 unspecified atom stereocenters. The highest BCUT2D eigenvalue weighted by molar-refractivity contribution is 6.03. The molecule has 1 aromatic heterocycles. The molecule has 2 heterocycles. The molecule has 0 N–H and O–H groups in total. The summed E-state index contributed by atoms with van der Waals surface area (Å²) in [4.78, 5) is 31.5. The molecule has 4 rings (SSSR count). The first kappa shape index (κ1) is 22.7. The van der Waals surface area contributed by atoms with Gasteiger partial charge in [-0.3, -0.25) is 14.5 Å². The molecule has 0 atom stereocenters. The number of para-hydroxylation sites is 2. The molecule has 172 valence electrons. The Kier molecular flexibility index (Phi) is 6.58. The second-order valence-electron chi connectivity index (χ2n) is 9.26. The average Bonchev–Trinajstić information content (AvgIpc) is 3.21. The lowest BCUT2D eigenvalue weighted by Crippen LogP contribution is -2.31. The maximum atomic E-state index is 13.2. The average molecular weight is 448 g/mol. The highest BCUT2D eigenvalue weighted by atomic mass is 16.5. The van der Waals surface area contributed by atoms with Gasteiger partial charge in [0.25, 0.3) is 5.91 Å². The van der Waals surface area contributed by atoms with Crippen molar-refractivity contribution < 1.29 is 18.8 Å². The lowest BCUT2D eigenvalue weighted by atomic mass is 9.96. The summed E-state index contributed by atoms with van der Waals surface area (Å²) in [5, 5.41) is 3.99. The summed E-state index contributed by atoms with van der Waals surface area (Å²) in [6, 6.07) is 15.7. The van der Waals surface area contributed by atoms with Crippen LogP contribution in [0.3, 0.4) is 0 Å². The number of benzene rings is 2. The molecule has 33 heavy (non-hydrogen) atoms. The fourth-order valence-corrected chi connectivity index (χ4v) is 3.87. The van der Waals surface area contributed by atoms with Crippen LogP contribution in [0.4, 0.5) is 11.4 Å². The van der Waals surface area contributed by atoms with E-state index in [4.69, 9.17) is 9.26 Å². The predicted octanol–water partition coefficient (Wildman–Crippen LogP) is 4.70. The van der Waals surface area contributed by atoms with E-state index in [0.717, 1.165) is 35.3 Å². The van der Waals surface area contributed by atoms with Crippen molar-refractivity contribution in [2.45, 2.75) is 58.3 Å². The van der Waals surface area contributed by atoms with Crippen LogP contribution in [0.5, 0.6) is 0 Å². The minimum Gasteiger partial charge on any atom is -0.456 e. The smallest absolute Gasteiger partial charge is 0.306 e. The number of fused-ring (bicyclic) bond motifs is 2. The van der Waals surface area contributed by atoms with E-state index < -0.39 is 5.97 Å². The summed E-state index contributed by atoms with van der Waals surface area (Å²) in [5.41, 5.74) is 3.69. The van der Waals surface area contributed by atoms with Crippen molar-refractivity contribution in [1.82, 2.24) is 10.1 Å². The Morgan fingerprint density at radius 3 is 2.18 bits per heavy atom. The molecular weight excluding hydrogens is 418 g/mol. The molecule has 1 aliphatic rings. The number of ether oxygens (including phenoxy) is 1. The summed E-state index contributed by atoms with van der Waals surface area (Å²) in [7, 11) is 0. The van der Waals surface area contributed by atoms with E-state index in [2.05, 4.69) is 10.1 Å². The van der Waals surface area contributed by atoms with E-state index in [1.807, 2.05) is 69.3 Å². The zero-order valence-electron chi connectivity index (χ0n) is 19.3. The van der Waals surface area contributed by atoms with Crippen LogP contribution in [0, 0.1) is 0 Å². The molecule has 0 saturated carbocycles. The number of rotatable bonds is 6. The van der Waals surface area contributed by atoms with Gasteiger partial charge in [0, 0.05) is 18.3 Å². The first-order chi connectivity index (χ1) is 15.8. The molecule has 1 aliphatic heterocycles. The van der Waals surface area contributed by atoms with Crippen LogP contribution in [-0.2, 0) is 39.0 Å². The van der Waals surface area contributed by atoms with Crippen molar-refractivity contribution in [2.24, 2.45) is 0 Å². The van der Waals surface area contributed by atoms with Gasteiger partial charge in [-0.2, -0.15) is 4.98 Å². The van der Waals surface area contributed by atoms with Gasteiger partial charge in [-0.1, -0.05) is 62.3 Å². The second kappa shape index (κ2) is 9.57. The number of amides is 1. The quantitative estimate of drug-likeness (QED) is 0.509. The highest BCUT2D eigenvalue weighted by Crippen LogP contribution is 2.36. The molecule has 7 nitrogen and oxygen atoms in total. The molecule has 0 fully saturated rings. The normalized spacial score (nSPS) is 13.1. The van der Waals surface area contributed by atoms with Crippen molar-refractivity contribution in [3.05, 3.63) is 71.4 Å². The van der Waals surface area contributed by atoms with E-state index in [9.17, 15) is 9.59 Å². The predicted molar refractivity (Wildman–Crippen MR) is 124 cm³/mol. The second-order valence-corrected chi connectivity index (χ2v) is 9.26. The van der Waals surface area contributed by atoms with Crippen molar-refractivity contribution in [1.29, 1.82) is 0 Å². The summed E-state index contributed by atoms with van der Waals surface area (Å²) in [6.07, 6.45) is 2.87. The van der Waals surface area contributed by atoms with Gasteiger partial charge >= 0.3 is 5.97 Å². The zero-order valence-corrected chi connectivity index (χ0v) is 19.3. The monoisotopic (exact) mass is 447 g/mol. The standard InChI is InChI=1S/C26H29N3O4/c1-26(2,3)25-27-22(33-28-25)13-8-14-24(31)32-17-23(30)29-20-11-6-4-9-18(20)15-16-19-10-5-7-12-21(19)29/h4-7,9-12H,8,13-17H2,1-3H3. The molecule has 0 radical (unpaired) electrons. The Hall–Kier alpha value is -3.48. The SMILES string of the molecule is CC(C)(C)c1noc(CCCC(=O)OCC(=O)N2c3ccccc3CCc3ccccc32)n1. The van der Waals surface area contributed by atoms with Gasteiger partial charge in [-0.05, 0) is 42.5 Å². The van der Waals surface area contributed by atoms with Crippen molar-refractivity contribution >= 4 is 23.3 Å². The minimum atomic E-state index is -0.421. The number of hydrogen-bond donors (Lipinski definition) is 0. The van der Waals surface area contributed by atoms with E-state index in [-0.39, 0.29) is 24.3 Å². The summed E-state index contributed by atoms with van der Waals surface area (Å²) in [5.74, 6) is 0.456. The van der Waals surface area contributed by atoms with Gasteiger partial charge in [-0.15, -0.1) is 0 Å². The number of nitrogens with zero attached hydrogens (tertiary/aromatic N) is 3. The van der Waals surface area contributed by atoms with Gasteiger partial charge in [0.15, 0.2) is 12.4 Å². The zero-order chi connectivity index (χ0) is 23.4. The number of hydrogen-bond acceptors (Lipinski definition) is 6. The summed E-state index contributed by atoms with van der Waals surface area (Å²) in [6.45, 7) is 5.72. The summed E-state index contributed by atoms with van der Waals surface area (Å²) >= 11 is 0. The van der Waals surface area contributed by atoms with Crippen molar-refractivity contribution in [3.63, 3.8) is 0 Å². The minimum absolute atomic E-state index is 0.174. The van der Waals surface area contributed by atoms with Crippen LogP contribution in [0.2, 0.25) is 0 Å². The maximum absolute atomic E-state index is 13.2. The van der Waals surface area contributed by atoms with E-state index in [1.54, 1.807) is 4.90 Å². The summed E-state index contributed by atoms with van der Waals surface area (Å²) < 4.78 is 10.6. The highest BCUT2D eigenvalue weighted by Gasteiger charge is 2.26. The molecule has 0 spiro atoms.